The third kappa shape index (κ3) is 4.83. The summed E-state index contributed by atoms with van der Waals surface area (Å²) in [5.41, 5.74) is 2.82. The summed E-state index contributed by atoms with van der Waals surface area (Å²) in [7, 11) is 0. The molecule has 0 unspecified atom stereocenters. The summed E-state index contributed by atoms with van der Waals surface area (Å²) >= 11 is 3.42. The molecule has 0 heterocycles. The van der Waals surface area contributed by atoms with Gasteiger partial charge in [0.05, 0.1) is 4.92 Å². The maximum atomic E-state index is 10.9. The van der Waals surface area contributed by atoms with E-state index in [0.29, 0.717) is 18.8 Å². The molecule has 5 nitrogen and oxygen atoms in total. The summed E-state index contributed by atoms with van der Waals surface area (Å²) in [6, 6.07) is 22.2. The van der Waals surface area contributed by atoms with Crippen LogP contribution in [0.1, 0.15) is 11.1 Å². The maximum absolute atomic E-state index is 10.9. The summed E-state index contributed by atoms with van der Waals surface area (Å²) < 4.78 is 6.98. The van der Waals surface area contributed by atoms with E-state index in [1.165, 1.54) is 12.1 Å². The highest BCUT2D eigenvalue weighted by Crippen LogP contribution is 2.23. The molecule has 3 aromatic carbocycles. The minimum Gasteiger partial charge on any atom is -0.489 e. The molecule has 0 atom stereocenters. The normalized spacial score (nSPS) is 10.3. The lowest BCUT2D eigenvalue weighted by Crippen LogP contribution is -2.04. The lowest BCUT2D eigenvalue weighted by Gasteiger charge is -2.13. The molecule has 6 heteroatoms. The number of rotatable bonds is 7. The van der Waals surface area contributed by atoms with E-state index in [4.69, 9.17) is 4.74 Å². The second-order valence-electron chi connectivity index (χ2n) is 5.68. The minimum absolute atomic E-state index is 0.0646. The van der Waals surface area contributed by atoms with Crippen molar-refractivity contribution in [1.82, 2.24) is 0 Å². The minimum atomic E-state index is -0.402. The molecule has 0 radical (unpaired) electrons. The van der Waals surface area contributed by atoms with Gasteiger partial charge in [-0.25, -0.2) is 0 Å². The highest BCUT2D eigenvalue weighted by molar-refractivity contribution is 9.10. The fourth-order valence-electron chi connectivity index (χ4n) is 2.46. The zero-order valence-electron chi connectivity index (χ0n) is 13.9. The summed E-state index contributed by atoms with van der Waals surface area (Å²) in [5, 5.41) is 14.1. The van der Waals surface area contributed by atoms with Crippen molar-refractivity contribution in [1.29, 1.82) is 0 Å². The molecule has 0 aliphatic rings. The van der Waals surface area contributed by atoms with Gasteiger partial charge in [-0.1, -0.05) is 52.3 Å². The van der Waals surface area contributed by atoms with Gasteiger partial charge in [-0.2, -0.15) is 0 Å². The van der Waals surface area contributed by atoms with Crippen LogP contribution in [0, 0.1) is 10.1 Å². The van der Waals surface area contributed by atoms with Crippen LogP contribution >= 0.6 is 15.9 Å². The average molecular weight is 413 g/mol. The molecular formula is C20H17BrN2O3. The van der Waals surface area contributed by atoms with Gasteiger partial charge in [0.15, 0.2) is 0 Å². The number of halogens is 1. The van der Waals surface area contributed by atoms with Crippen molar-refractivity contribution in [2.24, 2.45) is 0 Å². The van der Waals surface area contributed by atoms with Gasteiger partial charge in [0.1, 0.15) is 12.4 Å². The van der Waals surface area contributed by atoms with Crippen LogP contribution in [0.2, 0.25) is 0 Å². The number of nitro groups is 1. The fourth-order valence-corrected chi connectivity index (χ4v) is 2.72. The van der Waals surface area contributed by atoms with Gasteiger partial charge >= 0.3 is 0 Å². The van der Waals surface area contributed by atoms with Crippen molar-refractivity contribution < 1.29 is 9.66 Å². The standard InChI is InChI=1S/C20H17BrN2O3/c21-17-10-8-15(9-11-17)14-26-20-7-2-1-4-16(20)13-22-18-5-3-6-19(12-18)23(24)25/h1-12,22H,13-14H2. The van der Waals surface area contributed by atoms with E-state index < -0.39 is 4.92 Å². The Labute approximate surface area is 159 Å². The van der Waals surface area contributed by atoms with E-state index in [1.807, 2.05) is 48.5 Å². The number of benzene rings is 3. The largest absolute Gasteiger partial charge is 0.489 e. The smallest absolute Gasteiger partial charge is 0.271 e. The Bertz CT molecular complexity index is 898. The molecule has 0 saturated heterocycles. The van der Waals surface area contributed by atoms with E-state index in [-0.39, 0.29) is 5.69 Å². The second-order valence-corrected chi connectivity index (χ2v) is 6.60. The third-order valence-electron chi connectivity index (χ3n) is 3.82. The first-order valence-corrected chi connectivity index (χ1v) is 8.84. The van der Waals surface area contributed by atoms with E-state index in [9.17, 15) is 10.1 Å². The van der Waals surface area contributed by atoms with Crippen LogP contribution in [-0.4, -0.2) is 4.92 Å². The first-order valence-electron chi connectivity index (χ1n) is 8.05. The molecule has 0 aliphatic heterocycles. The van der Waals surface area contributed by atoms with Crippen molar-refractivity contribution in [3.8, 4) is 5.75 Å². The molecule has 26 heavy (non-hydrogen) atoms. The predicted molar refractivity (Wildman–Crippen MR) is 105 cm³/mol. The zero-order chi connectivity index (χ0) is 18.4. The summed E-state index contributed by atoms with van der Waals surface area (Å²) in [6.07, 6.45) is 0. The molecule has 3 rings (SSSR count). The number of para-hydroxylation sites is 1. The number of nitrogens with one attached hydrogen (secondary N) is 1. The molecule has 0 bridgehead atoms. The third-order valence-corrected chi connectivity index (χ3v) is 4.35. The number of anilines is 1. The topological polar surface area (TPSA) is 64.4 Å². The Morgan fingerprint density at radius 2 is 1.77 bits per heavy atom. The number of nitro benzene ring substituents is 1. The van der Waals surface area contributed by atoms with Crippen LogP contribution in [0.15, 0.2) is 77.3 Å². The van der Waals surface area contributed by atoms with Gasteiger partial charge in [-0.05, 0) is 29.8 Å². The first-order chi connectivity index (χ1) is 12.6. The zero-order valence-corrected chi connectivity index (χ0v) is 15.5. The molecule has 0 fully saturated rings. The second kappa shape index (κ2) is 8.49. The van der Waals surface area contributed by atoms with Crippen LogP contribution in [0.25, 0.3) is 0 Å². The van der Waals surface area contributed by atoms with Crippen LogP contribution in [0.5, 0.6) is 5.75 Å². The quantitative estimate of drug-likeness (QED) is 0.408. The molecule has 0 amide bonds. The lowest BCUT2D eigenvalue weighted by molar-refractivity contribution is -0.384. The van der Waals surface area contributed by atoms with E-state index >= 15 is 0 Å². The van der Waals surface area contributed by atoms with Gasteiger partial charge in [0.2, 0.25) is 0 Å². The molecular weight excluding hydrogens is 396 g/mol. The molecule has 0 aliphatic carbocycles. The van der Waals surface area contributed by atoms with Gasteiger partial charge < -0.3 is 10.1 Å². The SMILES string of the molecule is O=[N+]([O-])c1cccc(NCc2ccccc2OCc2ccc(Br)cc2)c1. The Kier molecular flexibility index (Phi) is 5.86. The highest BCUT2D eigenvalue weighted by Gasteiger charge is 2.07. The molecule has 132 valence electrons. The number of hydrogen-bond acceptors (Lipinski definition) is 4. The van der Waals surface area contributed by atoms with Gasteiger partial charge in [-0.15, -0.1) is 0 Å². The Hall–Kier alpha value is -2.86. The number of ether oxygens (including phenoxy) is 1. The van der Waals surface area contributed by atoms with Crippen LogP contribution < -0.4 is 10.1 Å². The van der Waals surface area contributed by atoms with Crippen molar-refractivity contribution >= 4 is 27.3 Å². The van der Waals surface area contributed by atoms with Crippen molar-refractivity contribution in [2.75, 3.05) is 5.32 Å². The van der Waals surface area contributed by atoms with Crippen LogP contribution in [-0.2, 0) is 13.2 Å². The Morgan fingerprint density at radius 1 is 1.00 bits per heavy atom. The van der Waals surface area contributed by atoms with Crippen LogP contribution in [0.4, 0.5) is 11.4 Å². The van der Waals surface area contributed by atoms with Crippen LogP contribution in [0.3, 0.4) is 0 Å². The number of hydrogen-bond donors (Lipinski definition) is 1. The molecule has 3 aromatic rings. The van der Waals surface area contributed by atoms with E-state index in [1.54, 1.807) is 12.1 Å². The molecule has 0 aromatic heterocycles. The van der Waals surface area contributed by atoms with E-state index in [0.717, 1.165) is 21.3 Å². The Balaban J connectivity index is 1.66. The number of non-ortho nitro benzene ring substituents is 1. The van der Waals surface area contributed by atoms with E-state index in [2.05, 4.69) is 21.2 Å². The number of nitrogens with zero attached hydrogens (tertiary/aromatic N) is 1. The predicted octanol–water partition coefficient (Wildman–Crippen LogP) is 5.55. The summed E-state index contributed by atoms with van der Waals surface area (Å²) in [6.45, 7) is 0.985. The fraction of sp³-hybridized carbons (Fsp3) is 0.100. The summed E-state index contributed by atoms with van der Waals surface area (Å²) in [4.78, 5) is 10.5. The molecule has 0 spiro atoms. The molecule has 1 N–H and O–H groups in total. The van der Waals surface area contributed by atoms with Gasteiger partial charge in [-0.3, -0.25) is 10.1 Å². The van der Waals surface area contributed by atoms with Gasteiger partial charge in [0.25, 0.3) is 5.69 Å². The average Bonchev–Trinajstić information content (AvgIpc) is 2.67. The van der Waals surface area contributed by atoms with Gasteiger partial charge in [0, 0.05) is 34.4 Å². The summed E-state index contributed by atoms with van der Waals surface area (Å²) in [5.74, 6) is 0.786. The first kappa shape index (κ1) is 17.9. The molecule has 0 saturated carbocycles. The maximum Gasteiger partial charge on any atom is 0.271 e. The monoisotopic (exact) mass is 412 g/mol. The lowest BCUT2D eigenvalue weighted by atomic mass is 10.2. The Morgan fingerprint density at radius 3 is 2.54 bits per heavy atom. The van der Waals surface area contributed by atoms with Crippen molar-refractivity contribution in [3.05, 3.63) is 98.5 Å². The highest BCUT2D eigenvalue weighted by atomic mass is 79.9. The van der Waals surface area contributed by atoms with Crippen molar-refractivity contribution in [3.63, 3.8) is 0 Å². The van der Waals surface area contributed by atoms with Crippen molar-refractivity contribution in [2.45, 2.75) is 13.2 Å².